The lowest BCUT2D eigenvalue weighted by Gasteiger charge is -2.38. The van der Waals surface area contributed by atoms with Crippen molar-refractivity contribution in [2.75, 3.05) is 52.5 Å². The number of carbonyl (C=O) groups is 2. The standard InChI is InChI=1S/C31H37N7O6/c1-37-13-9-24(36-37)23-5-4-21(18-33-23)22-19-34-38-28(22)35-27(26-25(39)8-12-32-29(26)38)20-6-10-31(11-7-20,44-17-15-42-3)30(40)43-16-14-41-2/h4-5,9,13,18-20,32H,6-8,10-12,14-17H2,1-3H3/t20-,31+. The number of methoxy groups -OCH3 is 2. The van der Waals surface area contributed by atoms with Gasteiger partial charge in [-0.2, -0.15) is 14.7 Å². The summed E-state index contributed by atoms with van der Waals surface area (Å²) >= 11 is 0. The van der Waals surface area contributed by atoms with E-state index < -0.39 is 11.6 Å². The van der Waals surface area contributed by atoms with Crippen molar-refractivity contribution in [1.82, 2.24) is 29.4 Å². The average molecular weight is 604 g/mol. The van der Waals surface area contributed by atoms with Crippen molar-refractivity contribution >= 4 is 23.2 Å². The minimum Gasteiger partial charge on any atom is -0.461 e. The van der Waals surface area contributed by atoms with E-state index in [0.717, 1.165) is 28.2 Å². The summed E-state index contributed by atoms with van der Waals surface area (Å²) < 4.78 is 25.3. The lowest BCUT2D eigenvalue weighted by molar-refractivity contribution is -0.180. The molecule has 0 bridgehead atoms. The summed E-state index contributed by atoms with van der Waals surface area (Å²) in [4.78, 5) is 36.3. The van der Waals surface area contributed by atoms with E-state index in [0.29, 0.717) is 68.9 Å². The fourth-order valence-corrected chi connectivity index (χ4v) is 6.06. The van der Waals surface area contributed by atoms with E-state index in [4.69, 9.17) is 23.9 Å². The zero-order chi connectivity index (χ0) is 30.7. The molecule has 0 aromatic carbocycles. The first kappa shape index (κ1) is 29.9. The molecule has 1 aliphatic carbocycles. The molecule has 0 atom stereocenters. The third-order valence-corrected chi connectivity index (χ3v) is 8.39. The molecule has 6 rings (SSSR count). The van der Waals surface area contributed by atoms with Crippen LogP contribution < -0.4 is 5.32 Å². The number of Topliss-reactive ketones (excluding diaryl/α,β-unsaturated/α-hetero) is 1. The molecule has 232 valence electrons. The van der Waals surface area contributed by atoms with Crippen LogP contribution in [0.15, 0.2) is 36.8 Å². The first-order valence-corrected chi connectivity index (χ1v) is 14.9. The highest BCUT2D eigenvalue weighted by atomic mass is 16.6. The number of nitrogens with zero attached hydrogens (tertiary/aromatic N) is 6. The molecule has 1 N–H and O–H groups in total. The number of aryl methyl sites for hydroxylation is 1. The average Bonchev–Trinajstić information content (AvgIpc) is 3.68. The molecule has 0 saturated heterocycles. The quantitative estimate of drug-likeness (QED) is 0.199. The number of carbonyl (C=O) groups excluding carboxylic acids is 2. The lowest BCUT2D eigenvalue weighted by atomic mass is 9.76. The number of hydrogen-bond acceptors (Lipinski definition) is 11. The van der Waals surface area contributed by atoms with Crippen LogP contribution in [0.2, 0.25) is 0 Å². The van der Waals surface area contributed by atoms with E-state index >= 15 is 0 Å². The van der Waals surface area contributed by atoms with Gasteiger partial charge in [-0.15, -0.1) is 0 Å². The van der Waals surface area contributed by atoms with Crippen LogP contribution in [-0.2, 0) is 30.8 Å². The molecule has 0 spiro atoms. The fourth-order valence-electron chi connectivity index (χ4n) is 6.06. The molecular formula is C31H37N7O6. The fraction of sp³-hybridized carbons (Fsp3) is 0.484. The number of ether oxygens (including phenoxy) is 4. The van der Waals surface area contributed by atoms with Gasteiger partial charge < -0.3 is 24.3 Å². The van der Waals surface area contributed by atoms with Gasteiger partial charge in [0.25, 0.3) is 0 Å². The van der Waals surface area contributed by atoms with E-state index in [1.807, 2.05) is 31.4 Å². The molecule has 1 aliphatic heterocycles. The lowest BCUT2D eigenvalue weighted by Crippen LogP contribution is -2.47. The predicted octanol–water partition coefficient (Wildman–Crippen LogP) is 3.44. The van der Waals surface area contributed by atoms with Gasteiger partial charge in [-0.3, -0.25) is 14.5 Å². The molecule has 1 saturated carbocycles. The van der Waals surface area contributed by atoms with E-state index in [-0.39, 0.29) is 24.9 Å². The van der Waals surface area contributed by atoms with Gasteiger partial charge in [-0.05, 0) is 37.8 Å². The second kappa shape index (κ2) is 12.8. The van der Waals surface area contributed by atoms with Crippen molar-refractivity contribution in [3.63, 3.8) is 0 Å². The highest BCUT2D eigenvalue weighted by Gasteiger charge is 2.46. The number of ketones is 1. The molecule has 4 aromatic heterocycles. The molecule has 44 heavy (non-hydrogen) atoms. The second-order valence-corrected chi connectivity index (χ2v) is 11.2. The summed E-state index contributed by atoms with van der Waals surface area (Å²) in [6.45, 7) is 1.62. The maximum atomic E-state index is 13.3. The Labute approximate surface area is 254 Å². The van der Waals surface area contributed by atoms with E-state index in [1.54, 1.807) is 35.8 Å². The Balaban J connectivity index is 1.32. The Morgan fingerprint density at radius 3 is 2.55 bits per heavy atom. The van der Waals surface area contributed by atoms with Gasteiger partial charge in [-0.1, -0.05) is 6.07 Å². The zero-order valence-corrected chi connectivity index (χ0v) is 25.2. The number of esters is 1. The van der Waals surface area contributed by atoms with Crippen LogP contribution in [0.4, 0.5) is 5.82 Å². The monoisotopic (exact) mass is 603 g/mol. The van der Waals surface area contributed by atoms with Crippen molar-refractivity contribution in [2.24, 2.45) is 7.05 Å². The summed E-state index contributed by atoms with van der Waals surface area (Å²) in [6, 6.07) is 5.83. The van der Waals surface area contributed by atoms with E-state index in [9.17, 15) is 9.59 Å². The molecule has 5 heterocycles. The third-order valence-electron chi connectivity index (χ3n) is 8.39. The van der Waals surface area contributed by atoms with Crippen LogP contribution in [-0.4, -0.2) is 93.9 Å². The maximum Gasteiger partial charge on any atom is 0.338 e. The van der Waals surface area contributed by atoms with Crippen LogP contribution in [0.5, 0.6) is 0 Å². The van der Waals surface area contributed by atoms with Gasteiger partial charge in [-0.25, -0.2) is 9.78 Å². The summed E-state index contributed by atoms with van der Waals surface area (Å²) in [5, 5.41) is 12.5. The molecule has 13 heteroatoms. The molecular weight excluding hydrogens is 566 g/mol. The molecule has 0 amide bonds. The molecule has 1 fully saturated rings. The predicted molar refractivity (Wildman–Crippen MR) is 160 cm³/mol. The normalized spacial score (nSPS) is 20.0. The highest BCUT2D eigenvalue weighted by molar-refractivity contribution is 6.04. The Kier molecular flexibility index (Phi) is 8.69. The molecule has 0 unspecified atom stereocenters. The van der Waals surface area contributed by atoms with Gasteiger partial charge in [0, 0.05) is 63.7 Å². The Morgan fingerprint density at radius 1 is 1.05 bits per heavy atom. The molecule has 2 aliphatic rings. The summed E-state index contributed by atoms with van der Waals surface area (Å²) in [5.41, 5.74) is 4.07. The van der Waals surface area contributed by atoms with Crippen LogP contribution in [0.1, 0.15) is 54.1 Å². The molecule has 4 aromatic rings. The number of anilines is 1. The number of fused-ring (bicyclic) bond motifs is 3. The Bertz CT molecular complexity index is 1640. The van der Waals surface area contributed by atoms with Gasteiger partial charge in [0.1, 0.15) is 18.1 Å². The third kappa shape index (κ3) is 5.70. The topological polar surface area (TPSA) is 144 Å². The summed E-state index contributed by atoms with van der Waals surface area (Å²) in [7, 11) is 5.02. The number of hydrogen-bond donors (Lipinski definition) is 1. The van der Waals surface area contributed by atoms with Gasteiger partial charge >= 0.3 is 5.97 Å². The van der Waals surface area contributed by atoms with Crippen molar-refractivity contribution in [2.45, 2.75) is 43.6 Å². The largest absolute Gasteiger partial charge is 0.461 e. The summed E-state index contributed by atoms with van der Waals surface area (Å²) in [5.74, 6) is 0.231. The number of aromatic nitrogens is 6. The van der Waals surface area contributed by atoms with Crippen molar-refractivity contribution in [3.8, 4) is 22.5 Å². The van der Waals surface area contributed by atoms with Crippen LogP contribution in [0.25, 0.3) is 28.2 Å². The van der Waals surface area contributed by atoms with Crippen molar-refractivity contribution < 1.29 is 28.5 Å². The second-order valence-electron chi connectivity index (χ2n) is 11.2. The van der Waals surface area contributed by atoms with E-state index in [1.165, 1.54) is 0 Å². The van der Waals surface area contributed by atoms with E-state index in [2.05, 4.69) is 20.5 Å². The van der Waals surface area contributed by atoms with Gasteiger partial charge in [0.2, 0.25) is 0 Å². The first-order valence-electron chi connectivity index (χ1n) is 14.9. The number of nitrogens with one attached hydrogen (secondary N) is 1. The number of rotatable bonds is 11. The summed E-state index contributed by atoms with van der Waals surface area (Å²) in [6.07, 6.45) is 7.87. The van der Waals surface area contributed by atoms with Crippen LogP contribution in [0, 0.1) is 0 Å². The Morgan fingerprint density at radius 2 is 1.84 bits per heavy atom. The van der Waals surface area contributed by atoms with Gasteiger partial charge in [0.15, 0.2) is 17.0 Å². The number of pyridine rings is 1. The zero-order valence-electron chi connectivity index (χ0n) is 25.2. The maximum absolute atomic E-state index is 13.3. The van der Waals surface area contributed by atoms with Crippen LogP contribution >= 0.6 is 0 Å². The Hall–Kier alpha value is -4.20. The SMILES string of the molecule is COCCOC(=O)[C@]1(OCCOC)CC[C@@H](c2nc3c(-c4ccc(-c5ccn(C)n5)nc4)cnn3c3c2C(=O)CCN3)CC1. The van der Waals surface area contributed by atoms with Crippen LogP contribution in [0.3, 0.4) is 0 Å². The molecule has 0 radical (unpaired) electrons. The minimum atomic E-state index is -1.09. The first-order chi connectivity index (χ1) is 21.4. The molecule has 13 nitrogen and oxygen atoms in total. The van der Waals surface area contributed by atoms with Crippen molar-refractivity contribution in [1.29, 1.82) is 0 Å². The minimum absolute atomic E-state index is 0.0359. The smallest absolute Gasteiger partial charge is 0.338 e. The van der Waals surface area contributed by atoms with Gasteiger partial charge in [0.05, 0.1) is 43.0 Å². The van der Waals surface area contributed by atoms with Crippen molar-refractivity contribution in [3.05, 3.63) is 48.0 Å². The highest BCUT2D eigenvalue weighted by Crippen LogP contribution is 2.43.